The summed E-state index contributed by atoms with van der Waals surface area (Å²) in [6.07, 6.45) is 0.125. The summed E-state index contributed by atoms with van der Waals surface area (Å²) >= 11 is 0. The molecule has 0 rings (SSSR count). The average molecular weight is 304 g/mol. The van der Waals surface area contributed by atoms with Crippen LogP contribution in [0, 0.1) is 0 Å². The molecule has 0 heterocycles. The Bertz CT molecular complexity index is 333. The van der Waals surface area contributed by atoms with E-state index < -0.39 is 26.5 Å². The molecule has 0 unspecified atom stereocenters. The van der Waals surface area contributed by atoms with Crippen LogP contribution in [0.1, 0.15) is 27.7 Å². The highest BCUT2D eigenvalue weighted by Gasteiger charge is 2.37. The van der Waals surface area contributed by atoms with E-state index in [1.165, 1.54) is 6.08 Å². The van der Waals surface area contributed by atoms with E-state index in [4.69, 9.17) is 4.43 Å². The van der Waals surface area contributed by atoms with Crippen LogP contribution in [0.5, 0.6) is 0 Å². The second-order valence-electron chi connectivity index (χ2n) is 6.24. The van der Waals surface area contributed by atoms with E-state index in [1.807, 2.05) is 0 Å². The van der Waals surface area contributed by atoms with E-state index in [0.29, 0.717) is 0 Å². The van der Waals surface area contributed by atoms with Crippen LogP contribution in [-0.4, -0.2) is 49.9 Å². The first-order valence-corrected chi connectivity index (χ1v) is 9.77. The molecule has 0 aliphatic heterocycles. The molecule has 0 fully saturated rings. The monoisotopic (exact) mass is 304 g/mol. The third-order valence-electron chi connectivity index (χ3n) is 3.53. The first-order valence-electron chi connectivity index (χ1n) is 6.86. The molecule has 2 N–H and O–H groups in total. The molecular weight excluding hydrogens is 276 g/mol. The van der Waals surface area contributed by atoms with Crippen LogP contribution in [0.2, 0.25) is 18.1 Å². The lowest BCUT2D eigenvalue weighted by molar-refractivity contribution is -0.137. The molecule has 0 aromatic rings. The van der Waals surface area contributed by atoms with Crippen molar-refractivity contribution < 1.29 is 24.2 Å². The van der Waals surface area contributed by atoms with Gasteiger partial charge in [-0.2, -0.15) is 0 Å². The Hall–Kier alpha value is -0.693. The van der Waals surface area contributed by atoms with Gasteiger partial charge in [-0.05, 0) is 31.1 Å². The summed E-state index contributed by atoms with van der Waals surface area (Å²) in [5, 5.41) is 19.6. The number of rotatable bonds is 7. The number of aliphatic hydroxyl groups is 2. The summed E-state index contributed by atoms with van der Waals surface area (Å²) in [7, 11) is -1.96. The molecule has 20 heavy (non-hydrogen) atoms. The van der Waals surface area contributed by atoms with Gasteiger partial charge < -0.3 is 19.4 Å². The molecule has 2 atom stereocenters. The van der Waals surface area contributed by atoms with Crippen LogP contribution in [0.15, 0.2) is 12.2 Å². The van der Waals surface area contributed by atoms with Gasteiger partial charge >= 0.3 is 5.97 Å². The zero-order valence-electron chi connectivity index (χ0n) is 13.3. The van der Waals surface area contributed by atoms with Gasteiger partial charge in [0.1, 0.15) is 12.2 Å². The van der Waals surface area contributed by atoms with Crippen LogP contribution in [-0.2, 0) is 14.0 Å². The molecule has 6 heteroatoms. The van der Waals surface area contributed by atoms with Crippen molar-refractivity contribution >= 4 is 14.3 Å². The van der Waals surface area contributed by atoms with Gasteiger partial charge in [-0.15, -0.1) is 0 Å². The van der Waals surface area contributed by atoms with Gasteiger partial charge in [0.2, 0.25) is 0 Å². The zero-order chi connectivity index (χ0) is 16.0. The fourth-order valence-electron chi connectivity index (χ4n) is 1.10. The van der Waals surface area contributed by atoms with Crippen LogP contribution in [0.3, 0.4) is 0 Å². The highest BCUT2D eigenvalue weighted by Crippen LogP contribution is 2.36. The fraction of sp³-hybridized carbons (Fsp3) is 0.786. The third-order valence-corrected chi connectivity index (χ3v) is 8.03. The lowest BCUT2D eigenvalue weighted by atomic mass is 10.2. The normalized spacial score (nSPS) is 16.2. The summed E-state index contributed by atoms with van der Waals surface area (Å²) in [5.74, 6) is -0.538. The molecule has 118 valence electrons. The predicted molar refractivity (Wildman–Crippen MR) is 80.9 cm³/mol. The largest absolute Gasteiger partial charge is 0.463 e. The van der Waals surface area contributed by atoms with Gasteiger partial charge in [0.25, 0.3) is 0 Å². The number of carbonyl (C=O) groups excluding carboxylic acids is 1. The van der Waals surface area contributed by atoms with E-state index in [9.17, 15) is 15.0 Å². The molecule has 0 aromatic carbocycles. The minimum atomic E-state index is -1.96. The average Bonchev–Trinajstić information content (AvgIpc) is 2.32. The maximum Gasteiger partial charge on any atom is 0.330 e. The quantitative estimate of drug-likeness (QED) is 0.426. The van der Waals surface area contributed by atoms with E-state index >= 15 is 0 Å². The Morgan fingerprint density at radius 2 is 1.85 bits per heavy atom. The van der Waals surface area contributed by atoms with Gasteiger partial charge in [-0.3, -0.25) is 0 Å². The van der Waals surface area contributed by atoms with Crippen molar-refractivity contribution in [1.82, 2.24) is 0 Å². The molecule has 0 radical (unpaired) electrons. The molecule has 0 saturated carbocycles. The topological polar surface area (TPSA) is 76.0 Å². The summed E-state index contributed by atoms with van der Waals surface area (Å²) < 4.78 is 10.5. The molecule has 0 saturated heterocycles. The smallest absolute Gasteiger partial charge is 0.330 e. The summed E-state index contributed by atoms with van der Waals surface area (Å²) in [4.78, 5) is 11.1. The fourth-order valence-corrected chi connectivity index (χ4v) is 2.13. The molecule has 0 aromatic heterocycles. The minimum Gasteiger partial charge on any atom is -0.463 e. The Balaban J connectivity index is 4.34. The Kier molecular flexibility index (Phi) is 7.65. The van der Waals surface area contributed by atoms with Crippen LogP contribution in [0.4, 0.5) is 0 Å². The van der Waals surface area contributed by atoms with E-state index in [0.717, 1.165) is 6.08 Å². The highest BCUT2D eigenvalue weighted by molar-refractivity contribution is 6.74. The first-order chi connectivity index (χ1) is 9.01. The van der Waals surface area contributed by atoms with Crippen molar-refractivity contribution in [2.24, 2.45) is 0 Å². The second kappa shape index (κ2) is 7.92. The van der Waals surface area contributed by atoms with Crippen molar-refractivity contribution in [2.45, 2.75) is 58.0 Å². The zero-order valence-corrected chi connectivity index (χ0v) is 14.3. The van der Waals surface area contributed by atoms with Gasteiger partial charge in [-0.1, -0.05) is 20.8 Å². The Labute approximate surface area is 122 Å². The maximum absolute atomic E-state index is 11.1. The van der Waals surface area contributed by atoms with Crippen LogP contribution < -0.4 is 0 Å². The van der Waals surface area contributed by atoms with E-state index in [2.05, 4.69) is 38.6 Å². The van der Waals surface area contributed by atoms with Gasteiger partial charge in [-0.25, -0.2) is 4.79 Å². The van der Waals surface area contributed by atoms with Gasteiger partial charge in [0.15, 0.2) is 8.32 Å². The molecule has 5 nitrogen and oxygen atoms in total. The van der Waals surface area contributed by atoms with Gasteiger partial charge in [0.05, 0.1) is 13.2 Å². The number of aliphatic hydroxyl groups excluding tert-OH is 2. The molecule has 0 bridgehead atoms. The summed E-state index contributed by atoms with van der Waals surface area (Å²) in [5.41, 5.74) is 0. The number of hydrogen-bond acceptors (Lipinski definition) is 5. The Morgan fingerprint density at radius 3 is 2.30 bits per heavy atom. The lowest BCUT2D eigenvalue weighted by Gasteiger charge is -2.37. The van der Waals surface area contributed by atoms with Crippen molar-refractivity contribution in [2.75, 3.05) is 13.2 Å². The van der Waals surface area contributed by atoms with Crippen LogP contribution >= 0.6 is 0 Å². The minimum absolute atomic E-state index is 0.0401. The van der Waals surface area contributed by atoms with Gasteiger partial charge in [0, 0.05) is 6.08 Å². The number of hydrogen-bond donors (Lipinski definition) is 2. The van der Waals surface area contributed by atoms with E-state index in [1.54, 1.807) is 6.92 Å². The van der Waals surface area contributed by atoms with Crippen molar-refractivity contribution in [3.8, 4) is 0 Å². The lowest BCUT2D eigenvalue weighted by Crippen LogP contribution is -2.44. The Morgan fingerprint density at radius 1 is 1.30 bits per heavy atom. The van der Waals surface area contributed by atoms with E-state index in [-0.39, 0.29) is 18.3 Å². The van der Waals surface area contributed by atoms with Crippen molar-refractivity contribution in [3.63, 3.8) is 0 Å². The van der Waals surface area contributed by atoms with Crippen molar-refractivity contribution in [1.29, 1.82) is 0 Å². The second-order valence-corrected chi connectivity index (χ2v) is 11.0. The SMILES string of the molecule is CCOC(=O)/C=C/[C@@H](O)[C@H](O)CO[Si](C)(C)C(C)(C)C. The predicted octanol–water partition coefficient (Wildman–Crippen LogP) is 1.85. The maximum atomic E-state index is 11.1. The first kappa shape index (κ1) is 19.3. The third kappa shape index (κ3) is 6.65. The number of esters is 1. The number of carbonyl (C=O) groups is 1. The molecule has 0 amide bonds. The molecule has 0 aliphatic rings. The summed E-state index contributed by atoms with van der Waals surface area (Å²) in [6, 6.07) is 0. The number of ether oxygens (including phenoxy) is 1. The highest BCUT2D eigenvalue weighted by atomic mass is 28.4. The molecular formula is C14H28O5Si. The standard InChI is InChI=1S/C14H28O5Si/c1-7-18-13(17)9-8-11(15)12(16)10-19-20(5,6)14(2,3)4/h8-9,11-12,15-16H,7,10H2,1-6H3/b9-8+/t11-,12-/m1/s1. The van der Waals surface area contributed by atoms with Crippen LogP contribution in [0.25, 0.3) is 0 Å². The van der Waals surface area contributed by atoms with Crippen molar-refractivity contribution in [3.05, 3.63) is 12.2 Å². The molecule has 0 spiro atoms. The summed E-state index contributed by atoms with van der Waals surface area (Å²) in [6.45, 7) is 12.5. The molecule has 0 aliphatic carbocycles.